The number of para-hydroxylation sites is 2. The van der Waals surface area contributed by atoms with Crippen LogP contribution in [0.1, 0.15) is 70.3 Å². The van der Waals surface area contributed by atoms with Crippen LogP contribution in [-0.4, -0.2) is 63.6 Å². The number of carbonyl (C=O) groups is 1. The van der Waals surface area contributed by atoms with Gasteiger partial charge in [-0.25, -0.2) is 4.98 Å². The largest absolute Gasteiger partial charge is 0.367 e. The van der Waals surface area contributed by atoms with Crippen molar-refractivity contribution < 1.29 is 9.53 Å². The molecule has 4 heterocycles. The predicted octanol–water partition coefficient (Wildman–Crippen LogP) is 5.70. The van der Waals surface area contributed by atoms with Crippen LogP contribution in [0.3, 0.4) is 0 Å². The van der Waals surface area contributed by atoms with E-state index in [4.69, 9.17) is 9.72 Å². The maximum Gasteiger partial charge on any atom is 0.228 e. The molecule has 2 unspecified atom stereocenters. The third-order valence-corrected chi connectivity index (χ3v) is 9.19. The van der Waals surface area contributed by atoms with Gasteiger partial charge in [0.25, 0.3) is 0 Å². The van der Waals surface area contributed by atoms with E-state index in [-0.39, 0.29) is 5.91 Å². The van der Waals surface area contributed by atoms with E-state index in [1.807, 2.05) is 25.7 Å². The lowest BCUT2D eigenvalue weighted by Crippen LogP contribution is -2.55. The number of hydrogen-bond donors (Lipinski definition) is 0. The Morgan fingerprint density at radius 3 is 2.39 bits per heavy atom. The standard InChI is InChI=1S/C32H42N4O2/c1-23-33-28-12-8-9-13-29(28)36(23)27-20-25-14-15-26(21-27)35(25)17-16-32(24-10-6-5-7-11-24)22-34(18-19-38-32)30(37)31(2,3)4/h5-13,25-27H,14-22H2,1-4H3/t25-,26+,27?,32?. The molecule has 6 rings (SSSR count). The van der Waals surface area contributed by atoms with Gasteiger partial charge in [-0.2, -0.15) is 0 Å². The molecule has 3 aliphatic heterocycles. The molecule has 0 aliphatic carbocycles. The second-order valence-electron chi connectivity index (χ2n) is 12.7. The molecule has 202 valence electrons. The summed E-state index contributed by atoms with van der Waals surface area (Å²) in [6.07, 6.45) is 5.77. The van der Waals surface area contributed by atoms with Crippen LogP contribution < -0.4 is 0 Å². The summed E-state index contributed by atoms with van der Waals surface area (Å²) in [5, 5.41) is 0. The number of morpholine rings is 1. The van der Waals surface area contributed by atoms with E-state index in [9.17, 15) is 4.79 Å². The van der Waals surface area contributed by atoms with Gasteiger partial charge in [-0.15, -0.1) is 0 Å². The van der Waals surface area contributed by atoms with E-state index in [1.165, 1.54) is 36.8 Å². The van der Waals surface area contributed by atoms with Gasteiger partial charge in [0.15, 0.2) is 0 Å². The van der Waals surface area contributed by atoms with Gasteiger partial charge in [0.05, 0.1) is 24.2 Å². The molecule has 0 spiro atoms. The Morgan fingerprint density at radius 1 is 1.00 bits per heavy atom. The quantitative estimate of drug-likeness (QED) is 0.438. The molecule has 1 aromatic heterocycles. The molecule has 3 saturated heterocycles. The van der Waals surface area contributed by atoms with Gasteiger partial charge in [-0.3, -0.25) is 9.69 Å². The zero-order chi connectivity index (χ0) is 26.5. The Labute approximate surface area is 227 Å². The number of carbonyl (C=O) groups excluding carboxylic acids is 1. The Kier molecular flexibility index (Phi) is 6.59. The van der Waals surface area contributed by atoms with Crippen molar-refractivity contribution in [3.63, 3.8) is 0 Å². The molecule has 3 fully saturated rings. The number of benzene rings is 2. The minimum absolute atomic E-state index is 0.213. The number of imidazole rings is 1. The number of amides is 1. The average molecular weight is 515 g/mol. The average Bonchev–Trinajstić information content (AvgIpc) is 3.37. The lowest BCUT2D eigenvalue weighted by molar-refractivity contribution is -0.162. The molecule has 2 aromatic carbocycles. The van der Waals surface area contributed by atoms with Crippen LogP contribution in [0.2, 0.25) is 0 Å². The normalized spacial score (nSPS) is 28.2. The first-order chi connectivity index (χ1) is 18.2. The van der Waals surface area contributed by atoms with E-state index < -0.39 is 11.0 Å². The number of aryl methyl sites for hydroxylation is 1. The van der Waals surface area contributed by atoms with Crippen LogP contribution in [0.4, 0.5) is 0 Å². The number of rotatable bonds is 5. The molecule has 2 bridgehead atoms. The smallest absolute Gasteiger partial charge is 0.228 e. The minimum Gasteiger partial charge on any atom is -0.367 e. The van der Waals surface area contributed by atoms with E-state index in [2.05, 4.69) is 71.0 Å². The highest BCUT2D eigenvalue weighted by atomic mass is 16.5. The molecule has 3 aromatic rings. The van der Waals surface area contributed by atoms with Crippen LogP contribution in [0.5, 0.6) is 0 Å². The molecule has 3 aliphatic rings. The van der Waals surface area contributed by atoms with Gasteiger partial charge in [-0.05, 0) is 56.7 Å². The van der Waals surface area contributed by atoms with E-state index in [0.717, 1.165) is 24.3 Å². The SMILES string of the molecule is Cc1nc2ccccc2n1C1C[C@H]2CC[C@@H](C1)N2CCC1(c2ccccc2)CN(C(=O)C(C)(C)C)CCO1. The summed E-state index contributed by atoms with van der Waals surface area (Å²) in [4.78, 5) is 23.0. The predicted molar refractivity (Wildman–Crippen MR) is 151 cm³/mol. The highest BCUT2D eigenvalue weighted by molar-refractivity contribution is 5.81. The van der Waals surface area contributed by atoms with Crippen LogP contribution >= 0.6 is 0 Å². The molecule has 0 N–H and O–H groups in total. The fraction of sp³-hybridized carbons (Fsp3) is 0.562. The molecule has 6 nitrogen and oxygen atoms in total. The first-order valence-corrected chi connectivity index (χ1v) is 14.4. The zero-order valence-corrected chi connectivity index (χ0v) is 23.4. The van der Waals surface area contributed by atoms with Gasteiger partial charge in [0.1, 0.15) is 11.4 Å². The summed E-state index contributed by atoms with van der Waals surface area (Å²) in [6.45, 7) is 11.1. The van der Waals surface area contributed by atoms with Crippen molar-refractivity contribution in [3.8, 4) is 0 Å². The maximum absolute atomic E-state index is 13.3. The van der Waals surface area contributed by atoms with Crippen molar-refractivity contribution in [2.24, 2.45) is 5.41 Å². The van der Waals surface area contributed by atoms with E-state index >= 15 is 0 Å². The Balaban J connectivity index is 1.21. The van der Waals surface area contributed by atoms with Gasteiger partial charge in [0.2, 0.25) is 5.91 Å². The Hall–Kier alpha value is -2.70. The maximum atomic E-state index is 13.3. The summed E-state index contributed by atoms with van der Waals surface area (Å²) in [7, 11) is 0. The van der Waals surface area contributed by atoms with Crippen molar-refractivity contribution in [1.82, 2.24) is 19.4 Å². The molecular weight excluding hydrogens is 472 g/mol. The van der Waals surface area contributed by atoms with Crippen molar-refractivity contribution >= 4 is 16.9 Å². The van der Waals surface area contributed by atoms with Crippen LogP contribution in [0.25, 0.3) is 11.0 Å². The first-order valence-electron chi connectivity index (χ1n) is 14.4. The van der Waals surface area contributed by atoms with Gasteiger partial charge >= 0.3 is 0 Å². The molecule has 0 saturated carbocycles. The van der Waals surface area contributed by atoms with Crippen LogP contribution in [-0.2, 0) is 15.1 Å². The lowest BCUT2D eigenvalue weighted by atomic mass is 9.85. The fourth-order valence-corrected chi connectivity index (χ4v) is 7.40. The minimum atomic E-state index is -0.464. The third kappa shape index (κ3) is 4.56. The van der Waals surface area contributed by atoms with Gasteiger partial charge in [-0.1, -0.05) is 63.2 Å². The Bertz CT molecular complexity index is 1280. The molecular formula is C32H42N4O2. The molecule has 38 heavy (non-hydrogen) atoms. The summed E-state index contributed by atoms with van der Waals surface area (Å²) in [5.74, 6) is 1.34. The van der Waals surface area contributed by atoms with Crippen molar-refractivity contribution in [1.29, 1.82) is 0 Å². The Morgan fingerprint density at radius 2 is 1.68 bits per heavy atom. The van der Waals surface area contributed by atoms with Crippen molar-refractivity contribution in [3.05, 3.63) is 66.0 Å². The molecule has 6 heteroatoms. The number of aromatic nitrogens is 2. The third-order valence-electron chi connectivity index (χ3n) is 9.19. The van der Waals surface area contributed by atoms with Crippen LogP contribution in [0, 0.1) is 12.3 Å². The fourth-order valence-electron chi connectivity index (χ4n) is 7.40. The molecule has 0 radical (unpaired) electrons. The van der Waals surface area contributed by atoms with Crippen LogP contribution in [0.15, 0.2) is 54.6 Å². The molecule has 1 amide bonds. The first kappa shape index (κ1) is 25.6. The zero-order valence-electron chi connectivity index (χ0n) is 23.4. The highest BCUT2D eigenvalue weighted by Crippen LogP contribution is 2.44. The summed E-state index contributed by atoms with van der Waals surface area (Å²) in [5.41, 5.74) is 2.71. The number of ether oxygens (including phenoxy) is 1. The van der Waals surface area contributed by atoms with E-state index in [1.54, 1.807) is 0 Å². The van der Waals surface area contributed by atoms with E-state index in [0.29, 0.717) is 37.8 Å². The summed E-state index contributed by atoms with van der Waals surface area (Å²) in [6, 6.07) is 20.8. The highest BCUT2D eigenvalue weighted by Gasteiger charge is 2.46. The number of fused-ring (bicyclic) bond motifs is 3. The second kappa shape index (κ2) is 9.80. The van der Waals surface area contributed by atoms with Crippen molar-refractivity contribution in [2.45, 2.75) is 83.5 Å². The number of hydrogen-bond acceptors (Lipinski definition) is 4. The summed E-state index contributed by atoms with van der Waals surface area (Å²) < 4.78 is 9.14. The molecule has 4 atom stereocenters. The monoisotopic (exact) mass is 514 g/mol. The second-order valence-corrected chi connectivity index (χ2v) is 12.7. The summed E-state index contributed by atoms with van der Waals surface area (Å²) >= 11 is 0. The van der Waals surface area contributed by atoms with Gasteiger partial charge in [0, 0.05) is 36.6 Å². The van der Waals surface area contributed by atoms with Crippen molar-refractivity contribution in [2.75, 3.05) is 26.2 Å². The number of nitrogens with zero attached hydrogens (tertiary/aromatic N) is 4. The van der Waals surface area contributed by atoms with Gasteiger partial charge < -0.3 is 14.2 Å². The topological polar surface area (TPSA) is 50.6 Å². The lowest BCUT2D eigenvalue weighted by Gasteiger charge is -2.47. The number of piperidine rings is 1.